The fraction of sp³-hybridized carbons (Fsp3) is 0.716. The lowest BCUT2D eigenvalue weighted by molar-refractivity contribution is -0.161. The number of ether oxygens (including phenoxy) is 3. The maximum Gasteiger partial charge on any atom is 0.472 e. The number of hydrogen-bond donors (Lipinski definition) is 4. The van der Waals surface area contributed by atoms with Crippen LogP contribution in [0.2, 0.25) is 0 Å². The number of phosphoric ester groups is 2. The lowest BCUT2D eigenvalue weighted by Crippen LogP contribution is -2.30. The first-order valence-electron chi connectivity index (χ1n) is 38.8. The average molecular weight is 1430 g/mol. The van der Waals surface area contributed by atoms with Crippen LogP contribution in [0.4, 0.5) is 0 Å². The van der Waals surface area contributed by atoms with E-state index in [-0.39, 0.29) is 19.3 Å². The molecular formula is C81H140O16P2. The monoisotopic (exact) mass is 1430 g/mol. The first-order chi connectivity index (χ1) is 48.2. The largest absolute Gasteiger partial charge is 0.472 e. The fourth-order valence-electron chi connectivity index (χ4n) is 10.2. The van der Waals surface area contributed by atoms with Gasteiger partial charge in [-0.15, -0.1) is 0 Å². The highest BCUT2D eigenvalue weighted by Gasteiger charge is 2.29. The van der Waals surface area contributed by atoms with Gasteiger partial charge in [-0.2, -0.15) is 0 Å². The Hall–Kier alpha value is -4.05. The number of carbonyl (C=O) groups excluding carboxylic acids is 3. The van der Waals surface area contributed by atoms with Gasteiger partial charge >= 0.3 is 33.6 Å². The Morgan fingerprint density at radius 3 is 0.879 bits per heavy atom. The Morgan fingerprint density at radius 1 is 0.293 bits per heavy atom. The van der Waals surface area contributed by atoms with E-state index in [2.05, 4.69) is 142 Å². The van der Waals surface area contributed by atoms with Gasteiger partial charge in [0.1, 0.15) is 25.4 Å². The highest BCUT2D eigenvalue weighted by Crippen LogP contribution is 2.45. The molecule has 0 aromatic heterocycles. The van der Waals surface area contributed by atoms with Crippen molar-refractivity contribution >= 4 is 33.6 Å². The van der Waals surface area contributed by atoms with Crippen LogP contribution in [0.5, 0.6) is 0 Å². The first-order valence-corrected chi connectivity index (χ1v) is 41.8. The third-order valence-corrected chi connectivity index (χ3v) is 18.0. The summed E-state index contributed by atoms with van der Waals surface area (Å²) >= 11 is 0. The zero-order valence-corrected chi connectivity index (χ0v) is 63.9. The Labute approximate surface area is 602 Å². The highest BCUT2D eigenvalue weighted by molar-refractivity contribution is 7.47. The molecule has 5 atom stereocenters. The van der Waals surface area contributed by atoms with Gasteiger partial charge in [-0.3, -0.25) is 32.5 Å². The highest BCUT2D eigenvalue weighted by atomic mass is 31.2. The number of unbranched alkanes of at least 4 members (excludes halogenated alkanes) is 30. The van der Waals surface area contributed by atoms with Gasteiger partial charge in [-0.25, -0.2) is 9.13 Å². The number of aliphatic hydroxyl groups is 2. The third kappa shape index (κ3) is 74.9. The van der Waals surface area contributed by atoms with Gasteiger partial charge in [-0.1, -0.05) is 284 Å². The molecule has 0 heterocycles. The van der Waals surface area contributed by atoms with Crippen LogP contribution < -0.4 is 0 Å². The normalized spacial score (nSPS) is 14.7. The van der Waals surface area contributed by atoms with E-state index in [1.54, 1.807) is 0 Å². The Morgan fingerprint density at radius 2 is 0.535 bits per heavy atom. The molecule has 0 spiro atoms. The predicted octanol–water partition coefficient (Wildman–Crippen LogP) is 22.5. The lowest BCUT2D eigenvalue weighted by atomic mass is 10.0. The molecule has 0 aliphatic carbocycles. The number of rotatable bonds is 73. The van der Waals surface area contributed by atoms with Crippen molar-refractivity contribution in [1.82, 2.24) is 0 Å². The zero-order valence-electron chi connectivity index (χ0n) is 62.1. The number of aliphatic hydroxyl groups excluding tert-OH is 2. The van der Waals surface area contributed by atoms with Gasteiger partial charge in [0.25, 0.3) is 0 Å². The molecule has 0 aliphatic rings. The molecule has 0 rings (SSSR count). The summed E-state index contributed by atoms with van der Waals surface area (Å²) in [5.41, 5.74) is 0. The molecule has 0 bridgehead atoms. The van der Waals surface area contributed by atoms with E-state index >= 15 is 0 Å². The molecule has 0 aromatic carbocycles. The van der Waals surface area contributed by atoms with Crippen LogP contribution in [0.3, 0.4) is 0 Å². The van der Waals surface area contributed by atoms with Crippen LogP contribution in [-0.4, -0.2) is 95.9 Å². The smallest absolute Gasteiger partial charge is 0.463 e. The van der Waals surface area contributed by atoms with E-state index in [0.717, 1.165) is 148 Å². The van der Waals surface area contributed by atoms with Crippen molar-refractivity contribution in [3.8, 4) is 0 Å². The third-order valence-electron chi connectivity index (χ3n) is 16.1. The van der Waals surface area contributed by atoms with Crippen LogP contribution in [-0.2, 0) is 55.8 Å². The molecule has 0 saturated heterocycles. The van der Waals surface area contributed by atoms with Crippen molar-refractivity contribution in [1.29, 1.82) is 0 Å². The zero-order chi connectivity index (χ0) is 72.3. The molecule has 4 N–H and O–H groups in total. The summed E-state index contributed by atoms with van der Waals surface area (Å²) in [5.74, 6) is -1.60. The van der Waals surface area contributed by atoms with E-state index in [1.807, 2.05) is 0 Å². The molecular weight excluding hydrogens is 1290 g/mol. The summed E-state index contributed by atoms with van der Waals surface area (Å²) in [5, 5.41) is 20.6. The predicted molar refractivity (Wildman–Crippen MR) is 408 cm³/mol. The number of allylic oxidation sites excluding steroid dienone is 20. The van der Waals surface area contributed by atoms with Crippen LogP contribution >= 0.6 is 15.6 Å². The van der Waals surface area contributed by atoms with Crippen molar-refractivity contribution < 1.29 is 75.8 Å². The first kappa shape index (κ1) is 94.9. The minimum Gasteiger partial charge on any atom is -0.463 e. The van der Waals surface area contributed by atoms with E-state index in [1.165, 1.54) is 109 Å². The Bertz CT molecular complexity index is 2290. The van der Waals surface area contributed by atoms with E-state index in [4.69, 9.17) is 32.3 Å². The molecule has 570 valence electrons. The molecule has 0 fully saturated rings. The maximum atomic E-state index is 13.0. The van der Waals surface area contributed by atoms with Crippen molar-refractivity contribution in [2.45, 2.75) is 334 Å². The van der Waals surface area contributed by atoms with Crippen molar-refractivity contribution in [3.63, 3.8) is 0 Å². The Balaban J connectivity index is 4.58. The molecule has 5 unspecified atom stereocenters. The van der Waals surface area contributed by atoms with Gasteiger partial charge in [0, 0.05) is 19.3 Å². The average Bonchev–Trinajstić information content (AvgIpc) is 1.44. The van der Waals surface area contributed by atoms with Gasteiger partial charge in [0.2, 0.25) is 0 Å². The van der Waals surface area contributed by atoms with Crippen LogP contribution in [0.15, 0.2) is 122 Å². The molecule has 0 aromatic rings. The summed E-state index contributed by atoms with van der Waals surface area (Å²) in [6, 6.07) is 0. The SMILES string of the molecule is CC/C=C\C/C=C\C/C=C\C/C=C\C/C=C\CCCCCCCCCCCCCC(=O)OCC(O)COP(=O)(O)OCC(O)COP(=O)(O)OCC(COC(=O)CCCCCCC/C=C\C/C=C\C/C=C\C/C=C\CCCCC)OC(=O)CCCCCCC/C=C\CCCCCCCC. The quantitative estimate of drug-likeness (QED) is 0.0146. The second-order valence-corrected chi connectivity index (χ2v) is 28.7. The molecule has 16 nitrogen and oxygen atoms in total. The van der Waals surface area contributed by atoms with Gasteiger partial charge in [0.15, 0.2) is 6.10 Å². The number of esters is 3. The summed E-state index contributed by atoms with van der Waals surface area (Å²) < 4.78 is 61.1. The minimum absolute atomic E-state index is 0.0891. The molecule has 99 heavy (non-hydrogen) atoms. The topological polar surface area (TPSA) is 231 Å². The minimum atomic E-state index is -4.94. The lowest BCUT2D eigenvalue weighted by Gasteiger charge is -2.21. The van der Waals surface area contributed by atoms with E-state index in [9.17, 15) is 43.5 Å². The van der Waals surface area contributed by atoms with Gasteiger partial charge in [-0.05, 0) is 135 Å². The van der Waals surface area contributed by atoms with Crippen molar-refractivity contribution in [2.75, 3.05) is 39.6 Å². The molecule has 0 radical (unpaired) electrons. The van der Waals surface area contributed by atoms with Gasteiger partial charge in [0.05, 0.1) is 26.4 Å². The number of hydrogen-bond acceptors (Lipinski definition) is 14. The van der Waals surface area contributed by atoms with Crippen LogP contribution in [0, 0.1) is 0 Å². The van der Waals surface area contributed by atoms with E-state index < -0.39 is 91.5 Å². The second-order valence-electron chi connectivity index (χ2n) is 25.8. The fourth-order valence-corrected chi connectivity index (χ4v) is 11.8. The Kier molecular flexibility index (Phi) is 70.7. The van der Waals surface area contributed by atoms with Crippen LogP contribution in [0.25, 0.3) is 0 Å². The summed E-state index contributed by atoms with van der Waals surface area (Å²) in [7, 11) is -9.80. The van der Waals surface area contributed by atoms with E-state index in [0.29, 0.717) is 19.3 Å². The number of carbonyl (C=O) groups is 3. The molecule has 18 heteroatoms. The molecule has 0 aliphatic heterocycles. The van der Waals surface area contributed by atoms with Crippen LogP contribution in [0.1, 0.15) is 316 Å². The maximum absolute atomic E-state index is 13.0. The van der Waals surface area contributed by atoms with Crippen molar-refractivity contribution in [3.05, 3.63) is 122 Å². The van der Waals surface area contributed by atoms with Crippen molar-refractivity contribution in [2.24, 2.45) is 0 Å². The summed E-state index contributed by atoms with van der Waals surface area (Å²) in [6.45, 7) is 2.51. The standard InChI is InChI=1S/C81H140O16P2/c1-4-7-10-13-16-19-22-25-28-30-32-34-35-36-37-38-39-41-43-44-47-49-52-55-58-61-64-67-79(84)91-70-76(82)71-93-98(87,88)94-72-77(83)73-95-99(89,90)96-75-78(97-81(86)69-66-63-60-57-54-51-46-27-24-21-18-15-12-9-6-3)74-92-80(85)68-65-62-59-56-53-50-48-45-42-40-33-31-29-26-23-20-17-14-11-8-5-2/h7,10,16-17,19-20,25-29,32-34,36-37,40,45-46,48,76-78,82-83H,4-6,8-9,11-15,18,21-24,30-31,35,38-39,41-44,47,49-75H2,1-3H3,(H,87,88)(H,89,90)/b10-7-,19-16-,20-17-,28-25-,29-26-,34-32-,37-36-,40-33-,46-27-,48-45-. The molecule has 0 saturated carbocycles. The second kappa shape index (κ2) is 73.7. The number of phosphoric acid groups is 2. The molecule has 0 amide bonds. The van der Waals surface area contributed by atoms with Gasteiger partial charge < -0.3 is 34.2 Å². The summed E-state index contributed by atoms with van der Waals surface area (Å²) in [4.78, 5) is 58.6. The summed E-state index contributed by atoms with van der Waals surface area (Å²) in [6.07, 6.45) is 86.7.